The molecule has 0 aliphatic heterocycles. The number of para-hydroxylation sites is 6. The second-order valence-electron chi connectivity index (χ2n) is 33.4. The van der Waals surface area contributed by atoms with Crippen LogP contribution in [0.15, 0.2) is 373 Å². The fourth-order valence-electron chi connectivity index (χ4n) is 19.4. The molecular formula is C112H92N2O2Si2. The first-order valence-corrected chi connectivity index (χ1v) is 45.6. The Labute approximate surface area is 693 Å². The number of benzene rings is 18. The van der Waals surface area contributed by atoms with Crippen LogP contribution in [0.4, 0.5) is 34.1 Å². The average Bonchev–Trinajstić information content (AvgIpc) is 0.723. The van der Waals surface area contributed by atoms with Gasteiger partial charge in [-0.15, -0.1) is 0 Å². The summed E-state index contributed by atoms with van der Waals surface area (Å²) in [5.41, 5.74) is 23.9. The minimum absolute atomic E-state index is 0.123. The van der Waals surface area contributed by atoms with Crippen LogP contribution < -0.4 is 51.3 Å². The quantitative estimate of drug-likeness (QED) is 0.0487. The summed E-state index contributed by atoms with van der Waals surface area (Å²) < 4.78 is 14.5. The highest BCUT2D eigenvalue weighted by Gasteiger charge is 2.44. The largest absolute Gasteiger partial charge is 0.454 e. The first-order valence-electron chi connectivity index (χ1n) is 41.6. The third-order valence-electron chi connectivity index (χ3n) is 25.3. The number of furan rings is 2. The molecule has 18 aromatic carbocycles. The Morgan fingerprint density at radius 3 is 0.780 bits per heavy atom. The zero-order valence-electron chi connectivity index (χ0n) is 68.5. The van der Waals surface area contributed by atoms with Gasteiger partial charge in [0.2, 0.25) is 0 Å². The Morgan fingerprint density at radius 2 is 0.475 bits per heavy atom. The van der Waals surface area contributed by atoms with Gasteiger partial charge >= 0.3 is 0 Å². The van der Waals surface area contributed by atoms with E-state index >= 15 is 0 Å². The van der Waals surface area contributed by atoms with Crippen LogP contribution in [0.1, 0.15) is 84.0 Å². The molecule has 0 aliphatic carbocycles. The SMILES string of the molecule is Cc1ccc([Si](c2ccc(C)cc2)(c2ccc(C)cc2)c2ccc(-c3ccccc3N(c3cc(C(C)C)c4ccc5c(N(c6ccccc6-c6ccc([Si](c7ccc(C)cc7)(c7ccc(C)cc7)c7ccc(C)cc7)cc6)c6cccc7c6oc6ccccc67)cc(C(C)C)c6ccc3c4c65)c3cccc4c3oc3ccccc34)cc2)cc1. The topological polar surface area (TPSA) is 32.8 Å². The van der Waals surface area contributed by atoms with Crippen molar-refractivity contribution in [2.75, 3.05) is 9.80 Å². The zero-order valence-corrected chi connectivity index (χ0v) is 70.5. The van der Waals surface area contributed by atoms with E-state index in [9.17, 15) is 0 Å². The van der Waals surface area contributed by atoms with Gasteiger partial charge in [0.15, 0.2) is 27.3 Å². The molecule has 0 bridgehead atoms. The highest BCUT2D eigenvalue weighted by atomic mass is 28.3. The van der Waals surface area contributed by atoms with E-state index in [2.05, 4.69) is 443 Å². The molecule has 2 aromatic heterocycles. The Morgan fingerprint density at radius 1 is 0.220 bits per heavy atom. The summed E-state index contributed by atoms with van der Waals surface area (Å²) in [5, 5.41) is 22.2. The second-order valence-corrected chi connectivity index (χ2v) is 41.0. The van der Waals surface area contributed by atoms with Gasteiger partial charge in [-0.2, -0.15) is 0 Å². The number of rotatable bonds is 18. The van der Waals surface area contributed by atoms with Gasteiger partial charge in [-0.1, -0.05) is 377 Å². The highest BCUT2D eigenvalue weighted by Crippen LogP contribution is 2.55. The normalized spacial score (nSPS) is 12.1. The Kier molecular flexibility index (Phi) is 18.3. The molecule has 4 nitrogen and oxygen atoms in total. The maximum Gasteiger partial charge on any atom is 0.179 e. The minimum Gasteiger partial charge on any atom is -0.454 e. The van der Waals surface area contributed by atoms with Crippen molar-refractivity contribution in [2.45, 2.75) is 81.1 Å². The van der Waals surface area contributed by atoms with Crippen molar-refractivity contribution in [3.8, 4) is 22.3 Å². The van der Waals surface area contributed by atoms with Gasteiger partial charge in [-0.05, 0) is 187 Å². The molecule has 0 fully saturated rings. The van der Waals surface area contributed by atoms with E-state index in [1.165, 1.54) is 108 Å². The number of aryl methyl sites for hydroxylation is 6. The van der Waals surface area contributed by atoms with Crippen LogP contribution in [0.5, 0.6) is 0 Å². The summed E-state index contributed by atoms with van der Waals surface area (Å²) in [6.45, 7) is 22.6. The molecule has 0 aliphatic rings. The predicted molar refractivity (Wildman–Crippen MR) is 509 cm³/mol. The summed E-state index contributed by atoms with van der Waals surface area (Å²) in [5.74, 6) is 0.246. The third kappa shape index (κ3) is 12.0. The maximum atomic E-state index is 7.25. The predicted octanol–water partition coefficient (Wildman–Crippen LogP) is 25.5. The molecule has 0 saturated heterocycles. The molecule has 0 radical (unpaired) electrons. The van der Waals surface area contributed by atoms with E-state index in [1.54, 1.807) is 0 Å². The third-order valence-corrected chi connectivity index (χ3v) is 34.9. The van der Waals surface area contributed by atoms with E-state index in [0.717, 1.165) is 111 Å². The number of hydrogen-bond donors (Lipinski definition) is 0. The van der Waals surface area contributed by atoms with Crippen LogP contribution in [-0.2, 0) is 0 Å². The summed E-state index contributed by atoms with van der Waals surface area (Å²) in [6.07, 6.45) is 0. The Balaban J connectivity index is 0.824. The molecule has 0 saturated carbocycles. The summed E-state index contributed by atoms with van der Waals surface area (Å²) >= 11 is 0. The van der Waals surface area contributed by atoms with E-state index in [0.29, 0.717) is 0 Å². The Hall–Kier alpha value is -13.4. The summed E-state index contributed by atoms with van der Waals surface area (Å²) in [4.78, 5) is 5.09. The van der Waals surface area contributed by atoms with Crippen LogP contribution >= 0.6 is 0 Å². The molecule has 118 heavy (non-hydrogen) atoms. The van der Waals surface area contributed by atoms with Crippen molar-refractivity contribution in [1.29, 1.82) is 0 Å². The molecule has 20 aromatic rings. The van der Waals surface area contributed by atoms with E-state index < -0.39 is 16.1 Å². The first kappa shape index (κ1) is 73.5. The van der Waals surface area contributed by atoms with Gasteiger partial charge in [0.05, 0.1) is 34.1 Å². The van der Waals surface area contributed by atoms with Crippen molar-refractivity contribution < 1.29 is 8.83 Å². The number of fused-ring (bicyclic) bond motifs is 6. The lowest BCUT2D eigenvalue weighted by atomic mass is 9.83. The zero-order chi connectivity index (χ0) is 80.2. The van der Waals surface area contributed by atoms with Crippen LogP contribution in [0.25, 0.3) is 98.4 Å². The number of nitrogens with zero attached hydrogens (tertiary/aromatic N) is 2. The summed E-state index contributed by atoms with van der Waals surface area (Å²) in [6, 6.07) is 139. The van der Waals surface area contributed by atoms with Gasteiger partial charge in [-0.25, -0.2) is 0 Å². The van der Waals surface area contributed by atoms with Crippen molar-refractivity contribution in [3.05, 3.63) is 408 Å². The van der Waals surface area contributed by atoms with Gasteiger partial charge in [0, 0.05) is 43.4 Å². The monoisotopic (exact) mass is 1550 g/mol. The van der Waals surface area contributed by atoms with Crippen molar-refractivity contribution in [2.24, 2.45) is 0 Å². The molecule has 20 rings (SSSR count). The molecule has 0 atom stereocenters. The highest BCUT2D eigenvalue weighted by molar-refractivity contribution is 7.20. The van der Waals surface area contributed by atoms with Gasteiger partial charge < -0.3 is 18.6 Å². The van der Waals surface area contributed by atoms with Gasteiger partial charge in [-0.3, -0.25) is 0 Å². The standard InChI is InChI=1S/C112H92N2O2Si2/c1-71(2)99-69-105(113(103-29-19-25-95-91-23-13-17-31-107(91)115-111(95)103)101-27-15-11-21-89(101)79-45-61-87(62-46-79)117(81-49-33-73(5)34-50-81,82-51-35-74(6)36-52-82)83-53-37-75(7)38-54-83)97-68-66-94-100(72(3)4)70-106(98-67-65-93(99)109(97)110(94)98)114(104-30-20-26-96-92-24-14-18-32-108(92)116-112(96)104)102-28-16-12-22-90(102)80-47-63-88(64-48-80)118(84-55-39-76(8)40-56-84,85-57-41-77(9)42-58-85)86-59-43-78(10)44-60-86/h11-72H,1-10H3. The van der Waals surface area contributed by atoms with E-state index in [4.69, 9.17) is 8.83 Å². The smallest absolute Gasteiger partial charge is 0.179 e. The molecule has 0 amide bonds. The first-order chi connectivity index (χ1) is 57.6. The average molecular weight is 1550 g/mol. The minimum atomic E-state index is -2.93. The van der Waals surface area contributed by atoms with Crippen molar-refractivity contribution in [3.63, 3.8) is 0 Å². The summed E-state index contributed by atoms with van der Waals surface area (Å²) in [7, 11) is -5.86. The fourth-order valence-corrected chi connectivity index (χ4v) is 28.7. The molecule has 0 N–H and O–H groups in total. The maximum absolute atomic E-state index is 7.25. The van der Waals surface area contributed by atoms with Crippen molar-refractivity contribution in [1.82, 2.24) is 0 Å². The van der Waals surface area contributed by atoms with E-state index in [-0.39, 0.29) is 11.8 Å². The van der Waals surface area contributed by atoms with Crippen LogP contribution in [0.3, 0.4) is 0 Å². The van der Waals surface area contributed by atoms with Crippen LogP contribution in [0, 0.1) is 41.5 Å². The molecule has 570 valence electrons. The van der Waals surface area contributed by atoms with E-state index in [1.807, 2.05) is 0 Å². The molecule has 6 heteroatoms. The van der Waals surface area contributed by atoms with Gasteiger partial charge in [0.1, 0.15) is 11.2 Å². The lowest BCUT2D eigenvalue weighted by molar-refractivity contribution is 0.669. The number of hydrogen-bond acceptors (Lipinski definition) is 4. The lowest BCUT2D eigenvalue weighted by Gasteiger charge is -2.35. The number of anilines is 6. The van der Waals surface area contributed by atoms with Gasteiger partial charge in [0.25, 0.3) is 0 Å². The molecule has 2 heterocycles. The molecule has 0 unspecified atom stereocenters. The van der Waals surface area contributed by atoms with Crippen molar-refractivity contribution >= 4 is 168 Å². The molecule has 0 spiro atoms. The molecular weight excluding hydrogens is 1460 g/mol. The van der Waals surface area contributed by atoms with Crippen LogP contribution in [-0.4, -0.2) is 16.1 Å². The lowest BCUT2D eigenvalue weighted by Crippen LogP contribution is -2.74. The Bertz CT molecular complexity index is 6540. The second kappa shape index (κ2) is 29.4. The fraction of sp³-hybridized carbons (Fsp3) is 0.107. The van der Waals surface area contributed by atoms with Crippen LogP contribution in [0.2, 0.25) is 0 Å².